The van der Waals surface area contributed by atoms with E-state index in [9.17, 15) is 5.11 Å². The molecule has 2 heterocycles. The maximum atomic E-state index is 10.1. The highest BCUT2D eigenvalue weighted by molar-refractivity contribution is 5.10. The maximum absolute atomic E-state index is 10.1. The predicted octanol–water partition coefficient (Wildman–Crippen LogP) is 1.18. The van der Waals surface area contributed by atoms with Gasteiger partial charge < -0.3 is 15.2 Å². The zero-order chi connectivity index (χ0) is 9.80. The third-order valence-corrected chi connectivity index (χ3v) is 3.07. The Morgan fingerprint density at radius 1 is 1.43 bits per heavy atom. The van der Waals surface area contributed by atoms with E-state index >= 15 is 0 Å². The third kappa shape index (κ3) is 2.28. The lowest BCUT2D eigenvalue weighted by Gasteiger charge is -2.30. The molecule has 1 fully saturated rings. The summed E-state index contributed by atoms with van der Waals surface area (Å²) < 4.78 is 5.24. The van der Waals surface area contributed by atoms with Crippen LogP contribution >= 0.6 is 0 Å². The van der Waals surface area contributed by atoms with E-state index in [0.29, 0.717) is 0 Å². The van der Waals surface area contributed by atoms with E-state index in [-0.39, 0.29) is 12.1 Å². The van der Waals surface area contributed by atoms with Crippen molar-refractivity contribution in [1.29, 1.82) is 0 Å². The molecule has 0 saturated carbocycles. The Hall–Kier alpha value is -0.540. The van der Waals surface area contributed by atoms with Gasteiger partial charge in [-0.15, -0.1) is 0 Å². The molecule has 0 aromatic rings. The summed E-state index contributed by atoms with van der Waals surface area (Å²) in [6.07, 6.45) is 6.98. The van der Waals surface area contributed by atoms with Crippen LogP contribution in [-0.2, 0) is 4.74 Å². The monoisotopic (exact) mass is 197 g/mol. The third-order valence-electron chi connectivity index (χ3n) is 3.07. The van der Waals surface area contributed by atoms with Crippen LogP contribution < -0.4 is 5.32 Å². The van der Waals surface area contributed by atoms with Gasteiger partial charge >= 0.3 is 0 Å². The lowest BCUT2D eigenvalue weighted by Crippen LogP contribution is -2.44. The van der Waals surface area contributed by atoms with E-state index in [0.717, 1.165) is 38.0 Å². The van der Waals surface area contributed by atoms with Crippen molar-refractivity contribution in [1.82, 2.24) is 5.32 Å². The van der Waals surface area contributed by atoms with Crippen LogP contribution in [0.4, 0.5) is 0 Å². The molecule has 2 rings (SSSR count). The van der Waals surface area contributed by atoms with E-state index in [2.05, 4.69) is 5.32 Å². The molecule has 2 unspecified atom stereocenters. The number of ether oxygens (including phenoxy) is 1. The van der Waals surface area contributed by atoms with E-state index in [1.54, 1.807) is 6.26 Å². The van der Waals surface area contributed by atoms with Gasteiger partial charge in [-0.2, -0.15) is 0 Å². The lowest BCUT2D eigenvalue weighted by atomic mass is 9.93. The van der Waals surface area contributed by atoms with Crippen LogP contribution in [-0.4, -0.2) is 30.4 Å². The van der Waals surface area contributed by atoms with Crippen LogP contribution in [0.2, 0.25) is 0 Å². The van der Waals surface area contributed by atoms with Crippen LogP contribution in [0, 0.1) is 0 Å². The fourth-order valence-corrected chi connectivity index (χ4v) is 2.21. The molecular formula is C11H19NO2. The Bertz CT molecular complexity index is 209. The molecule has 0 aromatic heterocycles. The second kappa shape index (κ2) is 4.80. The Labute approximate surface area is 85.1 Å². The topological polar surface area (TPSA) is 41.5 Å². The van der Waals surface area contributed by atoms with Gasteiger partial charge in [-0.05, 0) is 37.8 Å². The minimum absolute atomic E-state index is 0.247. The van der Waals surface area contributed by atoms with Crippen molar-refractivity contribution in [2.45, 2.75) is 44.2 Å². The smallest absolute Gasteiger partial charge is 0.0935 e. The first kappa shape index (κ1) is 9.99. The summed E-state index contributed by atoms with van der Waals surface area (Å²) in [5.74, 6) is 0. The number of aliphatic hydroxyl groups is 1. The van der Waals surface area contributed by atoms with Gasteiger partial charge in [-0.1, -0.05) is 6.42 Å². The summed E-state index contributed by atoms with van der Waals surface area (Å²) in [6.45, 7) is 1.84. The van der Waals surface area contributed by atoms with Crippen LogP contribution in [0.1, 0.15) is 32.1 Å². The summed E-state index contributed by atoms with van der Waals surface area (Å²) in [7, 11) is 0. The standard InChI is InChI=1S/C11H19NO2/c13-11(9-4-3-7-14-8-9)10-5-1-2-6-12-10/h8,10-13H,1-7H2. The molecular weight excluding hydrogens is 178 g/mol. The zero-order valence-electron chi connectivity index (χ0n) is 8.54. The first-order valence-electron chi connectivity index (χ1n) is 5.60. The number of piperidine rings is 1. The van der Waals surface area contributed by atoms with E-state index in [1.807, 2.05) is 0 Å². The molecule has 2 atom stereocenters. The highest BCUT2D eigenvalue weighted by Gasteiger charge is 2.25. The molecule has 3 nitrogen and oxygen atoms in total. The Kier molecular flexibility index (Phi) is 3.43. The SMILES string of the molecule is OC(C1=COCCC1)C1CCCCN1. The number of hydrogen-bond donors (Lipinski definition) is 2. The summed E-state index contributed by atoms with van der Waals surface area (Å²) in [5, 5.41) is 13.5. The first-order valence-corrected chi connectivity index (χ1v) is 5.60. The number of aliphatic hydroxyl groups excluding tert-OH is 1. The van der Waals surface area contributed by atoms with E-state index in [4.69, 9.17) is 4.74 Å². The number of nitrogens with one attached hydrogen (secondary N) is 1. The lowest BCUT2D eigenvalue weighted by molar-refractivity contribution is 0.123. The average Bonchev–Trinajstić information content (AvgIpc) is 2.30. The van der Waals surface area contributed by atoms with Gasteiger partial charge in [0.05, 0.1) is 19.0 Å². The van der Waals surface area contributed by atoms with Gasteiger partial charge in [-0.3, -0.25) is 0 Å². The fraction of sp³-hybridized carbons (Fsp3) is 0.818. The summed E-state index contributed by atoms with van der Waals surface area (Å²) in [4.78, 5) is 0. The molecule has 2 aliphatic heterocycles. The van der Waals surface area contributed by atoms with Crippen LogP contribution in [0.25, 0.3) is 0 Å². The van der Waals surface area contributed by atoms with Crippen molar-refractivity contribution >= 4 is 0 Å². The minimum Gasteiger partial charge on any atom is -0.501 e. The second-order valence-corrected chi connectivity index (χ2v) is 4.17. The minimum atomic E-state index is -0.337. The van der Waals surface area contributed by atoms with Gasteiger partial charge in [0.1, 0.15) is 0 Å². The molecule has 0 bridgehead atoms. The molecule has 0 spiro atoms. The van der Waals surface area contributed by atoms with Crippen molar-refractivity contribution < 1.29 is 9.84 Å². The molecule has 2 aliphatic rings. The van der Waals surface area contributed by atoms with E-state index in [1.165, 1.54) is 12.8 Å². The highest BCUT2D eigenvalue weighted by Crippen LogP contribution is 2.21. The summed E-state index contributed by atoms with van der Waals surface area (Å²) >= 11 is 0. The average molecular weight is 197 g/mol. The maximum Gasteiger partial charge on any atom is 0.0935 e. The van der Waals surface area contributed by atoms with Gasteiger partial charge in [-0.25, -0.2) is 0 Å². The quantitative estimate of drug-likeness (QED) is 0.698. The molecule has 0 amide bonds. The van der Waals surface area contributed by atoms with Gasteiger partial charge in [0, 0.05) is 6.04 Å². The van der Waals surface area contributed by atoms with Crippen molar-refractivity contribution in [3.05, 3.63) is 11.8 Å². The van der Waals surface area contributed by atoms with Gasteiger partial charge in [0.15, 0.2) is 0 Å². The highest BCUT2D eigenvalue weighted by atomic mass is 16.5. The summed E-state index contributed by atoms with van der Waals surface area (Å²) in [5.41, 5.74) is 1.07. The molecule has 0 aromatic carbocycles. The molecule has 0 radical (unpaired) electrons. The van der Waals surface area contributed by atoms with Crippen molar-refractivity contribution in [2.24, 2.45) is 0 Å². The Morgan fingerprint density at radius 3 is 3.00 bits per heavy atom. The molecule has 1 saturated heterocycles. The van der Waals surface area contributed by atoms with Crippen molar-refractivity contribution in [3.8, 4) is 0 Å². The Morgan fingerprint density at radius 2 is 2.36 bits per heavy atom. The summed E-state index contributed by atoms with van der Waals surface area (Å²) in [6, 6.07) is 0.247. The van der Waals surface area contributed by atoms with Crippen LogP contribution in [0.3, 0.4) is 0 Å². The zero-order valence-corrected chi connectivity index (χ0v) is 8.54. The van der Waals surface area contributed by atoms with Crippen molar-refractivity contribution in [3.63, 3.8) is 0 Å². The van der Waals surface area contributed by atoms with Gasteiger partial charge in [0.25, 0.3) is 0 Å². The molecule has 2 N–H and O–H groups in total. The first-order chi connectivity index (χ1) is 6.88. The van der Waals surface area contributed by atoms with Crippen LogP contribution in [0.15, 0.2) is 11.8 Å². The van der Waals surface area contributed by atoms with Crippen molar-refractivity contribution in [2.75, 3.05) is 13.2 Å². The fourth-order valence-electron chi connectivity index (χ4n) is 2.21. The second-order valence-electron chi connectivity index (χ2n) is 4.17. The normalized spacial score (nSPS) is 30.4. The molecule has 14 heavy (non-hydrogen) atoms. The van der Waals surface area contributed by atoms with E-state index < -0.39 is 0 Å². The Balaban J connectivity index is 1.91. The number of rotatable bonds is 2. The predicted molar refractivity (Wildman–Crippen MR) is 54.9 cm³/mol. The van der Waals surface area contributed by atoms with Gasteiger partial charge in [0.2, 0.25) is 0 Å². The molecule has 0 aliphatic carbocycles. The van der Waals surface area contributed by atoms with Crippen LogP contribution in [0.5, 0.6) is 0 Å². The molecule has 3 heteroatoms. The molecule has 80 valence electrons. The largest absolute Gasteiger partial charge is 0.501 e. The number of hydrogen-bond acceptors (Lipinski definition) is 3.